The summed E-state index contributed by atoms with van der Waals surface area (Å²) in [4.78, 5) is 6.47. The van der Waals surface area contributed by atoms with Gasteiger partial charge in [-0.15, -0.1) is 0 Å². The summed E-state index contributed by atoms with van der Waals surface area (Å²) in [7, 11) is 2.03. The molecule has 0 bridgehead atoms. The molecule has 5 heteroatoms. The number of rotatable bonds is 4. The minimum absolute atomic E-state index is 0.0557. The summed E-state index contributed by atoms with van der Waals surface area (Å²) in [5.41, 5.74) is 0. The standard InChI is InChI=1S/C13H18ClN3O/c1-10(9-16-13-15-6-7-17(13)2)18-12-5-3-4-11(14)8-12/h3-5,8,10H,6-7,9H2,1-2H3,(H,15,16). The Morgan fingerprint density at radius 1 is 1.56 bits per heavy atom. The Hall–Kier alpha value is -1.42. The fourth-order valence-corrected chi connectivity index (χ4v) is 1.95. The predicted octanol–water partition coefficient (Wildman–Crippen LogP) is 2.00. The second-order valence-electron chi connectivity index (χ2n) is 4.39. The summed E-state index contributed by atoms with van der Waals surface area (Å²) >= 11 is 5.91. The van der Waals surface area contributed by atoms with Crippen molar-refractivity contribution in [3.8, 4) is 5.75 Å². The molecule has 1 heterocycles. The number of hydrogen-bond acceptors (Lipinski definition) is 4. The van der Waals surface area contributed by atoms with E-state index in [9.17, 15) is 0 Å². The first-order valence-electron chi connectivity index (χ1n) is 6.07. The van der Waals surface area contributed by atoms with Crippen LogP contribution in [0, 0.1) is 0 Å². The second kappa shape index (κ2) is 5.96. The SMILES string of the molecule is CC(CNC1=NCCN1C)Oc1cccc(Cl)c1. The third-order valence-corrected chi connectivity index (χ3v) is 2.97. The fourth-order valence-electron chi connectivity index (χ4n) is 1.77. The van der Waals surface area contributed by atoms with Crippen molar-refractivity contribution < 1.29 is 4.74 Å². The molecule has 18 heavy (non-hydrogen) atoms. The zero-order chi connectivity index (χ0) is 13.0. The number of nitrogens with zero attached hydrogens (tertiary/aromatic N) is 2. The van der Waals surface area contributed by atoms with Gasteiger partial charge in [0.25, 0.3) is 0 Å². The number of halogens is 1. The van der Waals surface area contributed by atoms with E-state index in [2.05, 4.69) is 15.2 Å². The number of guanidine groups is 1. The van der Waals surface area contributed by atoms with Crippen LogP contribution >= 0.6 is 11.6 Å². The van der Waals surface area contributed by atoms with Crippen molar-refractivity contribution in [1.29, 1.82) is 0 Å². The number of benzene rings is 1. The average molecular weight is 268 g/mol. The number of aliphatic imine (C=N–C) groups is 1. The molecule has 1 aromatic rings. The Balaban J connectivity index is 1.80. The Labute approximate surface area is 113 Å². The monoisotopic (exact) mass is 267 g/mol. The van der Waals surface area contributed by atoms with E-state index >= 15 is 0 Å². The van der Waals surface area contributed by atoms with Crippen molar-refractivity contribution in [3.63, 3.8) is 0 Å². The number of ether oxygens (including phenoxy) is 1. The molecule has 0 aliphatic carbocycles. The molecular formula is C13H18ClN3O. The van der Waals surface area contributed by atoms with Crippen LogP contribution in [-0.4, -0.2) is 43.6 Å². The third-order valence-electron chi connectivity index (χ3n) is 2.74. The lowest BCUT2D eigenvalue weighted by Crippen LogP contribution is -2.40. The van der Waals surface area contributed by atoms with E-state index in [1.165, 1.54) is 0 Å². The molecule has 0 saturated carbocycles. The molecule has 0 spiro atoms. The molecule has 0 radical (unpaired) electrons. The van der Waals surface area contributed by atoms with Crippen LogP contribution < -0.4 is 10.1 Å². The van der Waals surface area contributed by atoms with E-state index in [-0.39, 0.29) is 6.10 Å². The minimum Gasteiger partial charge on any atom is -0.489 e. The highest BCUT2D eigenvalue weighted by Gasteiger charge is 2.13. The first-order valence-corrected chi connectivity index (χ1v) is 6.44. The maximum Gasteiger partial charge on any atom is 0.193 e. The molecule has 1 N–H and O–H groups in total. The first-order chi connectivity index (χ1) is 8.65. The van der Waals surface area contributed by atoms with E-state index < -0.39 is 0 Å². The first kappa shape index (κ1) is 13.0. The van der Waals surface area contributed by atoms with Crippen molar-refractivity contribution >= 4 is 17.6 Å². The predicted molar refractivity (Wildman–Crippen MR) is 74.5 cm³/mol. The van der Waals surface area contributed by atoms with E-state index in [0.29, 0.717) is 5.02 Å². The summed E-state index contributed by atoms with van der Waals surface area (Å²) < 4.78 is 5.77. The molecule has 1 aliphatic rings. The zero-order valence-electron chi connectivity index (χ0n) is 10.7. The van der Waals surface area contributed by atoms with Crippen molar-refractivity contribution in [2.75, 3.05) is 26.7 Å². The highest BCUT2D eigenvalue weighted by atomic mass is 35.5. The maximum absolute atomic E-state index is 5.91. The molecular weight excluding hydrogens is 250 g/mol. The van der Waals surface area contributed by atoms with Gasteiger partial charge in [0.1, 0.15) is 11.9 Å². The Bertz CT molecular complexity index is 436. The van der Waals surface area contributed by atoms with Crippen molar-refractivity contribution in [2.45, 2.75) is 13.0 Å². The quantitative estimate of drug-likeness (QED) is 0.907. The van der Waals surface area contributed by atoms with Crippen LogP contribution in [0.4, 0.5) is 0 Å². The van der Waals surface area contributed by atoms with Gasteiger partial charge in [-0.3, -0.25) is 4.99 Å². The second-order valence-corrected chi connectivity index (χ2v) is 4.83. The molecule has 1 aliphatic heterocycles. The van der Waals surface area contributed by atoms with Crippen molar-refractivity contribution in [1.82, 2.24) is 10.2 Å². The van der Waals surface area contributed by atoms with Crippen LogP contribution in [0.5, 0.6) is 5.75 Å². The molecule has 0 aromatic heterocycles. The highest BCUT2D eigenvalue weighted by molar-refractivity contribution is 6.30. The van der Waals surface area contributed by atoms with Crippen LogP contribution in [0.3, 0.4) is 0 Å². The van der Waals surface area contributed by atoms with Gasteiger partial charge in [-0.2, -0.15) is 0 Å². The molecule has 4 nitrogen and oxygen atoms in total. The van der Waals surface area contributed by atoms with Crippen LogP contribution in [0.25, 0.3) is 0 Å². The molecule has 0 saturated heterocycles. The van der Waals surface area contributed by atoms with Crippen molar-refractivity contribution in [2.24, 2.45) is 4.99 Å². The van der Waals surface area contributed by atoms with E-state index in [0.717, 1.165) is 31.3 Å². The summed E-state index contributed by atoms with van der Waals surface area (Å²) in [6.45, 7) is 4.58. The lowest BCUT2D eigenvalue weighted by molar-refractivity contribution is 0.223. The summed E-state index contributed by atoms with van der Waals surface area (Å²) in [6, 6.07) is 7.44. The third kappa shape index (κ3) is 3.53. The van der Waals surface area contributed by atoms with Crippen molar-refractivity contribution in [3.05, 3.63) is 29.3 Å². The van der Waals surface area contributed by atoms with E-state index in [1.807, 2.05) is 38.2 Å². The van der Waals surface area contributed by atoms with Gasteiger partial charge in [-0.1, -0.05) is 17.7 Å². The molecule has 2 rings (SSSR count). The van der Waals surface area contributed by atoms with Gasteiger partial charge < -0.3 is 15.0 Å². The lowest BCUT2D eigenvalue weighted by atomic mass is 10.3. The van der Waals surface area contributed by atoms with Gasteiger partial charge in [-0.05, 0) is 25.1 Å². The summed E-state index contributed by atoms with van der Waals surface area (Å²) in [5, 5.41) is 3.97. The Morgan fingerprint density at radius 3 is 3.06 bits per heavy atom. The smallest absolute Gasteiger partial charge is 0.193 e. The molecule has 0 fully saturated rings. The molecule has 0 amide bonds. The summed E-state index contributed by atoms with van der Waals surface area (Å²) in [5.74, 6) is 1.73. The molecule has 98 valence electrons. The average Bonchev–Trinajstić information content (AvgIpc) is 2.72. The van der Waals surface area contributed by atoms with E-state index in [1.54, 1.807) is 0 Å². The van der Waals surface area contributed by atoms with Gasteiger partial charge in [0.15, 0.2) is 5.96 Å². The van der Waals surface area contributed by atoms with Gasteiger partial charge in [0.2, 0.25) is 0 Å². The Kier molecular flexibility index (Phi) is 4.31. The molecule has 1 atom stereocenters. The van der Waals surface area contributed by atoms with Crippen LogP contribution in [0.15, 0.2) is 29.3 Å². The number of nitrogens with one attached hydrogen (secondary N) is 1. The summed E-state index contributed by atoms with van der Waals surface area (Å²) in [6.07, 6.45) is 0.0557. The highest BCUT2D eigenvalue weighted by Crippen LogP contribution is 2.18. The molecule has 1 unspecified atom stereocenters. The van der Waals surface area contributed by atoms with Crippen LogP contribution in [0.2, 0.25) is 5.02 Å². The number of hydrogen-bond donors (Lipinski definition) is 1. The largest absolute Gasteiger partial charge is 0.489 e. The topological polar surface area (TPSA) is 36.9 Å². The van der Waals surface area contributed by atoms with Gasteiger partial charge in [-0.25, -0.2) is 0 Å². The Morgan fingerprint density at radius 2 is 2.39 bits per heavy atom. The van der Waals surface area contributed by atoms with Gasteiger partial charge in [0, 0.05) is 18.6 Å². The lowest BCUT2D eigenvalue weighted by Gasteiger charge is -2.19. The number of likely N-dealkylation sites (N-methyl/N-ethyl adjacent to an activating group) is 1. The van der Waals surface area contributed by atoms with Gasteiger partial charge >= 0.3 is 0 Å². The zero-order valence-corrected chi connectivity index (χ0v) is 11.4. The van der Waals surface area contributed by atoms with Crippen LogP contribution in [-0.2, 0) is 0 Å². The van der Waals surface area contributed by atoms with Gasteiger partial charge in [0.05, 0.1) is 13.1 Å². The minimum atomic E-state index is 0.0557. The normalized spacial score (nSPS) is 16.4. The fraction of sp³-hybridized carbons (Fsp3) is 0.462. The van der Waals surface area contributed by atoms with E-state index in [4.69, 9.17) is 16.3 Å². The maximum atomic E-state index is 5.91. The molecule has 1 aromatic carbocycles. The van der Waals surface area contributed by atoms with Crippen LogP contribution in [0.1, 0.15) is 6.92 Å².